The van der Waals surface area contributed by atoms with Crippen LogP contribution in [0.15, 0.2) is 47.5 Å². The molecule has 0 aliphatic carbocycles. The molecule has 1 atom stereocenters. The summed E-state index contributed by atoms with van der Waals surface area (Å²) in [7, 11) is 0.103. The number of pyridine rings is 1. The SMILES string of the molecule is CN(C)C(CNS(=O)(=O)c1ccc(Cl)nc1)c1cccc(Cl)c1. The van der Waals surface area contributed by atoms with Gasteiger partial charge >= 0.3 is 0 Å². The minimum absolute atomic E-state index is 0.0745. The zero-order valence-corrected chi connectivity index (χ0v) is 15.0. The van der Waals surface area contributed by atoms with Crippen molar-refractivity contribution in [2.75, 3.05) is 20.6 Å². The number of likely N-dealkylation sites (N-methyl/N-ethyl adjacent to an activating group) is 1. The van der Waals surface area contributed by atoms with Gasteiger partial charge in [0.2, 0.25) is 10.0 Å². The molecule has 0 aliphatic rings. The summed E-state index contributed by atoms with van der Waals surface area (Å²) in [6.45, 7) is 0.207. The van der Waals surface area contributed by atoms with Crippen molar-refractivity contribution in [3.05, 3.63) is 58.3 Å². The molecule has 1 aromatic heterocycles. The van der Waals surface area contributed by atoms with E-state index in [-0.39, 0.29) is 22.6 Å². The van der Waals surface area contributed by atoms with Crippen LogP contribution in [0.25, 0.3) is 0 Å². The number of benzene rings is 1. The van der Waals surface area contributed by atoms with Gasteiger partial charge in [0.1, 0.15) is 10.0 Å². The lowest BCUT2D eigenvalue weighted by atomic mass is 10.1. The maximum absolute atomic E-state index is 12.3. The summed E-state index contributed by atoms with van der Waals surface area (Å²) < 4.78 is 27.3. The summed E-state index contributed by atoms with van der Waals surface area (Å²) in [5, 5.41) is 0.855. The predicted molar refractivity (Wildman–Crippen MR) is 92.3 cm³/mol. The van der Waals surface area contributed by atoms with Gasteiger partial charge in [-0.05, 0) is 43.9 Å². The molecule has 0 saturated carbocycles. The van der Waals surface area contributed by atoms with E-state index in [4.69, 9.17) is 23.2 Å². The highest BCUT2D eigenvalue weighted by Gasteiger charge is 2.20. The second-order valence-corrected chi connectivity index (χ2v) is 7.79. The quantitative estimate of drug-likeness (QED) is 0.790. The number of nitrogens with one attached hydrogen (secondary N) is 1. The van der Waals surface area contributed by atoms with Crippen LogP contribution in [0.3, 0.4) is 0 Å². The molecule has 0 bridgehead atoms. The molecule has 124 valence electrons. The van der Waals surface area contributed by atoms with E-state index in [0.29, 0.717) is 5.02 Å². The molecule has 1 N–H and O–H groups in total. The summed E-state index contributed by atoms with van der Waals surface area (Å²) in [5.41, 5.74) is 0.930. The average molecular weight is 374 g/mol. The van der Waals surface area contributed by atoms with E-state index in [1.54, 1.807) is 6.07 Å². The number of sulfonamides is 1. The molecular formula is C15H17Cl2N3O2S. The lowest BCUT2D eigenvalue weighted by molar-refractivity contribution is 0.299. The zero-order chi connectivity index (χ0) is 17.0. The van der Waals surface area contributed by atoms with Gasteiger partial charge in [0.15, 0.2) is 0 Å². The van der Waals surface area contributed by atoms with Crippen LogP contribution in [-0.2, 0) is 10.0 Å². The summed E-state index contributed by atoms with van der Waals surface area (Å²) in [4.78, 5) is 5.80. The third kappa shape index (κ3) is 4.89. The monoisotopic (exact) mass is 373 g/mol. The van der Waals surface area contributed by atoms with Gasteiger partial charge in [-0.3, -0.25) is 0 Å². The summed E-state index contributed by atoms with van der Waals surface area (Å²) in [6, 6.07) is 10.1. The third-order valence-corrected chi connectivity index (χ3v) is 5.20. The van der Waals surface area contributed by atoms with E-state index >= 15 is 0 Å². The third-order valence-electron chi connectivity index (χ3n) is 3.33. The fourth-order valence-electron chi connectivity index (χ4n) is 2.11. The molecule has 0 saturated heterocycles. The molecule has 0 radical (unpaired) electrons. The minimum Gasteiger partial charge on any atom is -0.301 e. The molecule has 2 aromatic rings. The number of aromatic nitrogens is 1. The van der Waals surface area contributed by atoms with Crippen molar-refractivity contribution in [3.8, 4) is 0 Å². The number of halogens is 2. The van der Waals surface area contributed by atoms with Crippen LogP contribution in [0.1, 0.15) is 11.6 Å². The van der Waals surface area contributed by atoms with E-state index in [0.717, 1.165) is 5.56 Å². The van der Waals surface area contributed by atoms with Gasteiger partial charge in [-0.2, -0.15) is 0 Å². The molecule has 23 heavy (non-hydrogen) atoms. The highest BCUT2D eigenvalue weighted by molar-refractivity contribution is 7.89. The van der Waals surface area contributed by atoms with E-state index in [9.17, 15) is 8.42 Å². The maximum Gasteiger partial charge on any atom is 0.242 e. The van der Waals surface area contributed by atoms with E-state index < -0.39 is 10.0 Å². The van der Waals surface area contributed by atoms with Crippen molar-refractivity contribution in [3.63, 3.8) is 0 Å². The van der Waals surface area contributed by atoms with Crippen LogP contribution in [-0.4, -0.2) is 38.9 Å². The average Bonchev–Trinajstić information content (AvgIpc) is 2.47. The van der Waals surface area contributed by atoms with Crippen LogP contribution in [0.5, 0.6) is 0 Å². The number of rotatable bonds is 6. The summed E-state index contributed by atoms with van der Waals surface area (Å²) in [6.07, 6.45) is 1.23. The molecule has 1 aromatic carbocycles. The summed E-state index contributed by atoms with van der Waals surface area (Å²) >= 11 is 11.7. The molecule has 0 aliphatic heterocycles. The van der Waals surface area contributed by atoms with E-state index in [1.807, 2.05) is 37.2 Å². The molecular weight excluding hydrogens is 357 g/mol. The van der Waals surface area contributed by atoms with E-state index in [2.05, 4.69) is 9.71 Å². The normalized spacial score (nSPS) is 13.3. The Morgan fingerprint density at radius 2 is 1.96 bits per heavy atom. The van der Waals surface area contributed by atoms with Crippen LogP contribution in [0.2, 0.25) is 10.2 Å². The first-order valence-corrected chi connectivity index (χ1v) is 9.06. The standard InChI is InChI=1S/C15H17Cl2N3O2S/c1-20(2)14(11-4-3-5-12(16)8-11)10-19-23(21,22)13-6-7-15(17)18-9-13/h3-9,14,19H,10H2,1-2H3. The fourth-order valence-corrected chi connectivity index (χ4v) is 3.40. The molecule has 0 fully saturated rings. The lowest BCUT2D eigenvalue weighted by Gasteiger charge is -2.25. The molecule has 1 heterocycles. The van der Waals surface area contributed by atoms with Gasteiger partial charge in [0, 0.05) is 23.8 Å². The largest absolute Gasteiger partial charge is 0.301 e. The van der Waals surface area contributed by atoms with Crippen molar-refractivity contribution in [1.82, 2.24) is 14.6 Å². The first kappa shape index (κ1) is 18.2. The van der Waals surface area contributed by atoms with Crippen molar-refractivity contribution in [2.45, 2.75) is 10.9 Å². The van der Waals surface area contributed by atoms with Crippen molar-refractivity contribution in [2.24, 2.45) is 0 Å². The Morgan fingerprint density at radius 3 is 2.52 bits per heavy atom. The van der Waals surface area contributed by atoms with Crippen LogP contribution in [0, 0.1) is 0 Å². The zero-order valence-electron chi connectivity index (χ0n) is 12.7. The molecule has 1 unspecified atom stereocenters. The minimum atomic E-state index is -3.65. The van der Waals surface area contributed by atoms with Crippen molar-refractivity contribution >= 4 is 33.2 Å². The molecule has 2 rings (SSSR count). The fraction of sp³-hybridized carbons (Fsp3) is 0.267. The molecule has 0 spiro atoms. The Hall–Kier alpha value is -1.18. The highest BCUT2D eigenvalue weighted by Crippen LogP contribution is 2.21. The van der Waals surface area contributed by atoms with Gasteiger partial charge in [0.05, 0.1) is 0 Å². The number of hydrogen-bond acceptors (Lipinski definition) is 4. The van der Waals surface area contributed by atoms with Crippen LogP contribution >= 0.6 is 23.2 Å². The van der Waals surface area contributed by atoms with Crippen molar-refractivity contribution < 1.29 is 8.42 Å². The van der Waals surface area contributed by atoms with Gasteiger partial charge in [-0.1, -0.05) is 35.3 Å². The Labute approximate surface area is 146 Å². The smallest absolute Gasteiger partial charge is 0.242 e. The van der Waals surface area contributed by atoms with Gasteiger partial charge in [-0.15, -0.1) is 0 Å². The van der Waals surface area contributed by atoms with Gasteiger partial charge in [0.25, 0.3) is 0 Å². The maximum atomic E-state index is 12.3. The van der Waals surface area contributed by atoms with E-state index in [1.165, 1.54) is 18.3 Å². The van der Waals surface area contributed by atoms with Gasteiger partial charge in [-0.25, -0.2) is 18.1 Å². The molecule has 5 nitrogen and oxygen atoms in total. The lowest BCUT2D eigenvalue weighted by Crippen LogP contribution is -2.34. The Morgan fingerprint density at radius 1 is 1.22 bits per heavy atom. The second kappa shape index (κ2) is 7.59. The molecule has 0 amide bonds. The summed E-state index contributed by atoms with van der Waals surface area (Å²) in [5.74, 6) is 0. The Bertz CT molecular complexity index is 765. The highest BCUT2D eigenvalue weighted by atomic mass is 35.5. The first-order chi connectivity index (χ1) is 10.8. The Kier molecular flexibility index (Phi) is 6.00. The van der Waals surface area contributed by atoms with Crippen LogP contribution < -0.4 is 4.72 Å². The van der Waals surface area contributed by atoms with Gasteiger partial charge < -0.3 is 4.90 Å². The number of nitrogens with zero attached hydrogens (tertiary/aromatic N) is 2. The Balaban J connectivity index is 2.17. The predicted octanol–water partition coefficient (Wildman–Crippen LogP) is 2.97. The van der Waals surface area contributed by atoms with Crippen LogP contribution in [0.4, 0.5) is 0 Å². The first-order valence-electron chi connectivity index (χ1n) is 6.83. The number of hydrogen-bond donors (Lipinski definition) is 1. The topological polar surface area (TPSA) is 62.3 Å². The molecule has 8 heteroatoms. The second-order valence-electron chi connectivity index (χ2n) is 5.20. The van der Waals surface area contributed by atoms with Crippen molar-refractivity contribution in [1.29, 1.82) is 0 Å².